The third kappa shape index (κ3) is 3.52. The summed E-state index contributed by atoms with van der Waals surface area (Å²) in [5, 5.41) is 3.63. The highest BCUT2D eigenvalue weighted by Gasteiger charge is 1.96. The Balaban J connectivity index is 2.00. The maximum atomic E-state index is 6.05. The van der Waals surface area contributed by atoms with Gasteiger partial charge in [0.15, 0.2) is 0 Å². The van der Waals surface area contributed by atoms with Crippen molar-refractivity contribution in [2.45, 2.75) is 5.03 Å². The number of methoxy groups -OCH3 is 1. The van der Waals surface area contributed by atoms with Gasteiger partial charge in [-0.25, -0.2) is 4.98 Å². The van der Waals surface area contributed by atoms with Crippen molar-refractivity contribution in [2.24, 2.45) is 0 Å². The van der Waals surface area contributed by atoms with Crippen molar-refractivity contribution in [1.82, 2.24) is 4.98 Å². The van der Waals surface area contributed by atoms with E-state index in [9.17, 15) is 0 Å². The molecule has 0 radical (unpaired) electrons. The zero-order valence-corrected chi connectivity index (χ0v) is 11.4. The molecule has 0 amide bonds. The molecule has 0 N–H and O–H groups in total. The molecule has 2 nitrogen and oxygen atoms in total. The largest absolute Gasteiger partial charge is 0.495 e. The molecule has 2 rings (SSSR count). The molecule has 2 aromatic rings. The first-order valence-electron chi connectivity index (χ1n) is 5.37. The fourth-order valence-electron chi connectivity index (χ4n) is 1.34. The van der Waals surface area contributed by atoms with Crippen LogP contribution in [0, 0.1) is 0 Å². The zero-order chi connectivity index (χ0) is 12.8. The number of nitrogens with zero attached hydrogens (tertiary/aromatic N) is 1. The normalized spacial score (nSPS) is 10.8. The van der Waals surface area contributed by atoms with E-state index >= 15 is 0 Å². The van der Waals surface area contributed by atoms with Gasteiger partial charge in [0, 0.05) is 5.02 Å². The van der Waals surface area contributed by atoms with Crippen LogP contribution in [-0.2, 0) is 0 Å². The summed E-state index contributed by atoms with van der Waals surface area (Å²) in [6, 6.07) is 11.5. The van der Waals surface area contributed by atoms with E-state index in [-0.39, 0.29) is 0 Å². The average molecular weight is 278 g/mol. The first kappa shape index (κ1) is 13.0. The summed E-state index contributed by atoms with van der Waals surface area (Å²) < 4.78 is 5.05. The second-order valence-electron chi connectivity index (χ2n) is 3.48. The SMILES string of the molecule is COc1ccc(S/C=C/c2ccccc2Cl)nc1. The minimum absolute atomic E-state index is 0.747. The van der Waals surface area contributed by atoms with Crippen molar-refractivity contribution in [3.05, 3.63) is 58.6 Å². The van der Waals surface area contributed by atoms with Crippen molar-refractivity contribution in [2.75, 3.05) is 7.11 Å². The third-order valence-electron chi connectivity index (χ3n) is 2.29. The molecule has 0 atom stereocenters. The van der Waals surface area contributed by atoms with Gasteiger partial charge in [0.2, 0.25) is 0 Å². The van der Waals surface area contributed by atoms with Gasteiger partial charge in [-0.1, -0.05) is 41.6 Å². The molecule has 0 saturated carbocycles. The Kier molecular flexibility index (Phi) is 4.67. The van der Waals surface area contributed by atoms with E-state index in [1.807, 2.05) is 47.9 Å². The number of ether oxygens (including phenoxy) is 1. The van der Waals surface area contributed by atoms with Gasteiger partial charge in [0.25, 0.3) is 0 Å². The zero-order valence-electron chi connectivity index (χ0n) is 9.84. The Morgan fingerprint density at radius 2 is 2.06 bits per heavy atom. The summed E-state index contributed by atoms with van der Waals surface area (Å²) in [7, 11) is 1.63. The number of pyridine rings is 1. The second kappa shape index (κ2) is 6.47. The molecule has 0 aliphatic heterocycles. The Morgan fingerprint density at radius 3 is 2.72 bits per heavy atom. The molecule has 0 spiro atoms. The lowest BCUT2D eigenvalue weighted by atomic mass is 10.2. The number of aromatic nitrogens is 1. The molecule has 0 saturated heterocycles. The van der Waals surface area contributed by atoms with Crippen molar-refractivity contribution in [3.63, 3.8) is 0 Å². The van der Waals surface area contributed by atoms with Crippen LogP contribution in [0.4, 0.5) is 0 Å². The van der Waals surface area contributed by atoms with Crippen LogP contribution >= 0.6 is 23.4 Å². The number of rotatable bonds is 4. The monoisotopic (exact) mass is 277 g/mol. The van der Waals surface area contributed by atoms with Gasteiger partial charge in [0.1, 0.15) is 10.8 Å². The van der Waals surface area contributed by atoms with E-state index in [2.05, 4.69) is 4.98 Å². The van der Waals surface area contributed by atoms with Gasteiger partial charge in [-0.2, -0.15) is 0 Å². The maximum Gasteiger partial charge on any atom is 0.137 e. The smallest absolute Gasteiger partial charge is 0.137 e. The molecule has 1 aromatic heterocycles. The predicted octanol–water partition coefficient (Wildman–Crippen LogP) is 4.51. The standard InChI is InChI=1S/C14H12ClNOS/c1-17-12-6-7-14(16-10-12)18-9-8-11-4-2-3-5-13(11)15/h2-10H,1H3/b9-8+. The van der Waals surface area contributed by atoms with Crippen molar-refractivity contribution in [1.29, 1.82) is 0 Å². The Labute approximate surface area is 116 Å². The Bertz CT molecular complexity index is 540. The van der Waals surface area contributed by atoms with Crippen LogP contribution in [0.5, 0.6) is 5.75 Å². The van der Waals surface area contributed by atoms with Crippen LogP contribution in [0.15, 0.2) is 53.0 Å². The minimum atomic E-state index is 0.747. The van der Waals surface area contributed by atoms with Gasteiger partial charge in [-0.3, -0.25) is 0 Å². The van der Waals surface area contributed by atoms with Gasteiger partial charge in [-0.15, -0.1) is 0 Å². The number of halogens is 1. The lowest BCUT2D eigenvalue weighted by Gasteiger charge is -1.99. The highest BCUT2D eigenvalue weighted by atomic mass is 35.5. The van der Waals surface area contributed by atoms with Crippen LogP contribution in [-0.4, -0.2) is 12.1 Å². The molecular weight excluding hydrogens is 266 g/mol. The van der Waals surface area contributed by atoms with Crippen LogP contribution < -0.4 is 4.74 Å². The quantitative estimate of drug-likeness (QED) is 0.768. The number of hydrogen-bond donors (Lipinski definition) is 0. The summed E-state index contributed by atoms with van der Waals surface area (Å²) in [5.41, 5.74) is 1.00. The summed E-state index contributed by atoms with van der Waals surface area (Å²) in [6.07, 6.45) is 3.67. The van der Waals surface area contributed by atoms with Crippen LogP contribution in [0.1, 0.15) is 5.56 Å². The van der Waals surface area contributed by atoms with Crippen molar-refractivity contribution in [3.8, 4) is 5.75 Å². The highest BCUT2D eigenvalue weighted by Crippen LogP contribution is 2.22. The fourth-order valence-corrected chi connectivity index (χ4v) is 2.16. The topological polar surface area (TPSA) is 22.1 Å². The molecule has 1 heterocycles. The van der Waals surface area contributed by atoms with E-state index in [1.165, 1.54) is 11.8 Å². The van der Waals surface area contributed by atoms with E-state index in [0.29, 0.717) is 0 Å². The summed E-state index contributed by atoms with van der Waals surface area (Å²) in [4.78, 5) is 4.26. The van der Waals surface area contributed by atoms with Crippen molar-refractivity contribution >= 4 is 29.4 Å². The van der Waals surface area contributed by atoms with Gasteiger partial charge in [-0.05, 0) is 35.2 Å². The van der Waals surface area contributed by atoms with E-state index in [4.69, 9.17) is 16.3 Å². The lowest BCUT2D eigenvalue weighted by molar-refractivity contribution is 0.412. The molecule has 92 valence electrons. The third-order valence-corrected chi connectivity index (χ3v) is 3.39. The predicted molar refractivity (Wildman–Crippen MR) is 77.1 cm³/mol. The molecule has 4 heteroatoms. The van der Waals surface area contributed by atoms with Crippen LogP contribution in [0.3, 0.4) is 0 Å². The number of thioether (sulfide) groups is 1. The van der Waals surface area contributed by atoms with Gasteiger partial charge < -0.3 is 4.74 Å². The summed E-state index contributed by atoms with van der Waals surface area (Å²) in [6.45, 7) is 0. The molecule has 0 unspecified atom stereocenters. The molecule has 0 aliphatic carbocycles. The number of hydrogen-bond acceptors (Lipinski definition) is 3. The first-order chi connectivity index (χ1) is 8.79. The van der Waals surface area contributed by atoms with Crippen LogP contribution in [0.2, 0.25) is 5.02 Å². The second-order valence-corrected chi connectivity index (χ2v) is 4.81. The Hall–Kier alpha value is -1.45. The highest BCUT2D eigenvalue weighted by molar-refractivity contribution is 8.02. The van der Waals surface area contributed by atoms with E-state index in [1.54, 1.807) is 13.3 Å². The average Bonchev–Trinajstić information content (AvgIpc) is 2.42. The molecule has 0 fully saturated rings. The number of benzene rings is 1. The molecule has 0 aliphatic rings. The molecule has 18 heavy (non-hydrogen) atoms. The maximum absolute atomic E-state index is 6.05. The fraction of sp³-hybridized carbons (Fsp3) is 0.0714. The van der Waals surface area contributed by atoms with Crippen molar-refractivity contribution < 1.29 is 4.74 Å². The summed E-state index contributed by atoms with van der Waals surface area (Å²) >= 11 is 7.59. The van der Waals surface area contributed by atoms with Gasteiger partial charge in [0.05, 0.1) is 13.3 Å². The first-order valence-corrected chi connectivity index (χ1v) is 6.63. The molecule has 1 aromatic carbocycles. The van der Waals surface area contributed by atoms with E-state index in [0.717, 1.165) is 21.4 Å². The van der Waals surface area contributed by atoms with Gasteiger partial charge >= 0.3 is 0 Å². The Morgan fingerprint density at radius 1 is 1.22 bits per heavy atom. The molecular formula is C14H12ClNOS. The minimum Gasteiger partial charge on any atom is -0.495 e. The van der Waals surface area contributed by atoms with E-state index < -0.39 is 0 Å². The molecule has 0 bridgehead atoms. The summed E-state index contributed by atoms with van der Waals surface area (Å²) in [5.74, 6) is 0.759. The lowest BCUT2D eigenvalue weighted by Crippen LogP contribution is -1.84. The van der Waals surface area contributed by atoms with Crippen LogP contribution in [0.25, 0.3) is 6.08 Å².